The molecule has 174 valence electrons. The third kappa shape index (κ3) is 6.42. The van der Waals surface area contributed by atoms with Crippen molar-refractivity contribution in [2.24, 2.45) is 0 Å². The van der Waals surface area contributed by atoms with Gasteiger partial charge in [-0.25, -0.2) is 0 Å². The average Bonchev–Trinajstić information content (AvgIpc) is 3.23. The van der Waals surface area contributed by atoms with E-state index in [0.29, 0.717) is 13.3 Å². The maximum absolute atomic E-state index is 13.5. The van der Waals surface area contributed by atoms with Crippen molar-refractivity contribution in [2.45, 2.75) is 50.1 Å². The van der Waals surface area contributed by atoms with Crippen LogP contribution in [0.5, 0.6) is 0 Å². The third-order valence-corrected chi connectivity index (χ3v) is 9.99. The molecule has 3 heterocycles. The first kappa shape index (κ1) is 23.9. The van der Waals surface area contributed by atoms with E-state index in [9.17, 15) is 4.79 Å². The van der Waals surface area contributed by atoms with Gasteiger partial charge >= 0.3 is 204 Å². The number of amides is 1. The average molecular weight is 528 g/mol. The van der Waals surface area contributed by atoms with E-state index >= 15 is 0 Å². The normalized spacial score (nSPS) is 16.9. The van der Waals surface area contributed by atoms with Crippen molar-refractivity contribution in [3.8, 4) is 11.3 Å². The van der Waals surface area contributed by atoms with Gasteiger partial charge in [-0.15, -0.1) is 0 Å². The Morgan fingerprint density at radius 3 is 2.61 bits per heavy atom. The van der Waals surface area contributed by atoms with Crippen LogP contribution in [0.4, 0.5) is 5.82 Å². The molecule has 0 aliphatic carbocycles. The SMILES string of the molecule is C[Si](C)(C)CCOCn1nc(-c2ccncc2)cc1N1CCCC([Se]c2ccccc2)C1=O. The summed E-state index contributed by atoms with van der Waals surface area (Å²) in [4.78, 5) is 19.6. The molecule has 1 unspecified atom stereocenters. The van der Waals surface area contributed by atoms with Crippen molar-refractivity contribution >= 4 is 39.2 Å². The summed E-state index contributed by atoms with van der Waals surface area (Å²) < 4.78 is 9.15. The molecule has 1 fully saturated rings. The molecule has 3 aromatic rings. The van der Waals surface area contributed by atoms with E-state index in [1.165, 1.54) is 4.46 Å². The van der Waals surface area contributed by atoms with Gasteiger partial charge in [-0.2, -0.15) is 0 Å². The van der Waals surface area contributed by atoms with Crippen molar-refractivity contribution in [2.75, 3.05) is 18.1 Å². The Morgan fingerprint density at radius 1 is 1.12 bits per heavy atom. The summed E-state index contributed by atoms with van der Waals surface area (Å²) in [6.45, 7) is 8.82. The quantitative estimate of drug-likeness (QED) is 0.309. The molecule has 0 N–H and O–H groups in total. The zero-order valence-electron chi connectivity index (χ0n) is 19.6. The van der Waals surface area contributed by atoms with Gasteiger partial charge in [0.2, 0.25) is 0 Å². The van der Waals surface area contributed by atoms with Gasteiger partial charge < -0.3 is 0 Å². The van der Waals surface area contributed by atoms with Crippen LogP contribution in [0.1, 0.15) is 12.8 Å². The summed E-state index contributed by atoms with van der Waals surface area (Å²) in [5, 5.41) is 4.82. The molecule has 33 heavy (non-hydrogen) atoms. The third-order valence-electron chi connectivity index (χ3n) is 5.63. The Bertz CT molecular complexity index is 1050. The Labute approximate surface area is 203 Å². The van der Waals surface area contributed by atoms with E-state index in [1.807, 2.05) is 33.8 Å². The topological polar surface area (TPSA) is 60.2 Å². The van der Waals surface area contributed by atoms with Crippen molar-refractivity contribution in [3.05, 3.63) is 60.9 Å². The minimum absolute atomic E-state index is 0.0502. The molecular formula is C25H32N4O2SeSi. The number of ether oxygens (including phenoxy) is 1. The first-order chi connectivity index (χ1) is 15.9. The molecule has 4 rings (SSSR count). The number of piperidine rings is 1. The molecule has 0 spiro atoms. The Morgan fingerprint density at radius 2 is 1.88 bits per heavy atom. The Kier molecular flexibility index (Phi) is 7.81. The van der Waals surface area contributed by atoms with E-state index in [0.717, 1.165) is 42.5 Å². The van der Waals surface area contributed by atoms with E-state index in [4.69, 9.17) is 9.84 Å². The van der Waals surface area contributed by atoms with Gasteiger partial charge in [0, 0.05) is 0 Å². The number of nitrogens with zero attached hydrogens (tertiary/aromatic N) is 4. The van der Waals surface area contributed by atoms with Gasteiger partial charge in [0.25, 0.3) is 0 Å². The second-order valence-corrected chi connectivity index (χ2v) is 17.8. The Balaban J connectivity index is 1.56. The van der Waals surface area contributed by atoms with Gasteiger partial charge in [-0.3, -0.25) is 0 Å². The molecule has 0 saturated carbocycles. The molecule has 2 aromatic heterocycles. The summed E-state index contributed by atoms with van der Waals surface area (Å²) in [6.07, 6.45) is 5.48. The van der Waals surface area contributed by atoms with Crippen molar-refractivity contribution in [1.29, 1.82) is 0 Å². The number of anilines is 1. The molecule has 0 radical (unpaired) electrons. The fourth-order valence-electron chi connectivity index (χ4n) is 3.75. The summed E-state index contributed by atoms with van der Waals surface area (Å²) >= 11 is 0.115. The molecular weight excluding hydrogens is 495 g/mol. The number of carbonyl (C=O) groups excluding carboxylic acids is 1. The Hall–Kier alpha value is -2.25. The van der Waals surface area contributed by atoms with E-state index in [2.05, 4.69) is 48.9 Å². The minimum atomic E-state index is -1.17. The molecule has 8 heteroatoms. The van der Waals surface area contributed by atoms with Crippen LogP contribution < -0.4 is 9.36 Å². The molecule has 6 nitrogen and oxygen atoms in total. The molecule has 0 bridgehead atoms. The monoisotopic (exact) mass is 528 g/mol. The molecule has 1 aromatic carbocycles. The van der Waals surface area contributed by atoms with Crippen molar-refractivity contribution in [1.82, 2.24) is 14.8 Å². The number of benzene rings is 1. The summed E-state index contributed by atoms with van der Waals surface area (Å²) in [6, 6.07) is 17.4. The summed E-state index contributed by atoms with van der Waals surface area (Å²) in [7, 11) is -1.17. The van der Waals surface area contributed by atoms with Crippen LogP contribution in [0.15, 0.2) is 60.9 Å². The van der Waals surface area contributed by atoms with Crippen LogP contribution in [0.2, 0.25) is 30.5 Å². The van der Waals surface area contributed by atoms with Crippen LogP contribution in [0.25, 0.3) is 11.3 Å². The second-order valence-electron chi connectivity index (χ2n) is 9.52. The number of hydrogen-bond acceptors (Lipinski definition) is 4. The molecule has 1 aliphatic rings. The van der Waals surface area contributed by atoms with E-state index < -0.39 is 8.07 Å². The molecule has 1 atom stereocenters. The predicted molar refractivity (Wildman–Crippen MR) is 137 cm³/mol. The van der Waals surface area contributed by atoms with Gasteiger partial charge in [0.05, 0.1) is 0 Å². The number of aromatic nitrogens is 3. The standard InChI is InChI=1S/C25H32N4O2SeSi/c1-33(2,3)17-16-31-19-29-24(18-22(27-29)20-11-13-26-14-12-20)28-15-7-10-23(25(28)30)32-21-8-5-4-6-9-21/h4-6,8-9,11-14,18,23H,7,10,15-17,19H2,1-3H3. The molecule has 1 amide bonds. The maximum atomic E-state index is 13.5. The van der Waals surface area contributed by atoms with Crippen molar-refractivity contribution in [3.63, 3.8) is 0 Å². The van der Waals surface area contributed by atoms with E-state index in [-0.39, 0.29) is 25.7 Å². The predicted octanol–water partition coefficient (Wildman–Crippen LogP) is 4.20. The van der Waals surface area contributed by atoms with Crippen LogP contribution in [0.3, 0.4) is 0 Å². The molecule has 1 aliphatic heterocycles. The van der Waals surface area contributed by atoms with Crippen LogP contribution >= 0.6 is 0 Å². The summed E-state index contributed by atoms with van der Waals surface area (Å²) in [5.74, 6) is 1.03. The zero-order valence-corrected chi connectivity index (χ0v) is 22.3. The van der Waals surface area contributed by atoms with Gasteiger partial charge in [-0.05, 0) is 0 Å². The van der Waals surface area contributed by atoms with Gasteiger partial charge in [0.1, 0.15) is 0 Å². The van der Waals surface area contributed by atoms with Crippen LogP contribution in [0, 0.1) is 0 Å². The summed E-state index contributed by atoms with van der Waals surface area (Å²) in [5.41, 5.74) is 1.83. The molecule has 1 saturated heterocycles. The fourth-order valence-corrected chi connectivity index (χ4v) is 6.94. The number of carbonyl (C=O) groups is 1. The zero-order chi connectivity index (χ0) is 23.3. The number of rotatable bonds is 9. The van der Waals surface area contributed by atoms with Crippen molar-refractivity contribution < 1.29 is 9.53 Å². The fraction of sp³-hybridized carbons (Fsp3) is 0.400. The number of hydrogen-bond donors (Lipinski definition) is 0. The van der Waals surface area contributed by atoms with E-state index in [1.54, 1.807) is 12.4 Å². The number of pyridine rings is 1. The van der Waals surface area contributed by atoms with Crippen LogP contribution in [-0.2, 0) is 16.3 Å². The first-order valence-corrected chi connectivity index (χ1v) is 17.0. The van der Waals surface area contributed by atoms with Gasteiger partial charge in [0.15, 0.2) is 0 Å². The first-order valence-electron chi connectivity index (χ1n) is 11.5. The second kappa shape index (κ2) is 10.8. The van der Waals surface area contributed by atoms with Crippen LogP contribution in [-0.4, -0.2) is 56.9 Å². The van der Waals surface area contributed by atoms with Gasteiger partial charge in [-0.1, -0.05) is 0 Å².